The Morgan fingerprint density at radius 1 is 0.722 bits per heavy atom. The number of unbranched alkanes of at least 4 members (excludes halogenated alkanes) is 1. The second-order valence-electron chi connectivity index (χ2n) is 3.97. The highest BCUT2D eigenvalue weighted by Crippen LogP contribution is 2.17. The van der Waals surface area contributed by atoms with Gasteiger partial charge in [0.05, 0.1) is 0 Å². The molecule has 0 spiro atoms. The predicted molar refractivity (Wildman–Crippen MR) is 68.5 cm³/mol. The molecule has 0 saturated heterocycles. The van der Waals surface area contributed by atoms with Crippen LogP contribution in [0.1, 0.15) is 51.4 Å². The van der Waals surface area contributed by atoms with E-state index >= 15 is 0 Å². The first-order chi connectivity index (χ1) is 8.63. The van der Waals surface area contributed by atoms with Gasteiger partial charge in [0.2, 0.25) is 0 Å². The van der Waals surface area contributed by atoms with Gasteiger partial charge in [-0.05, 0) is 12.8 Å². The Hall–Kier alpha value is 0.0400. The molecule has 106 valence electrons. The standard InChI is InChI=1S/C6H12.C4H8O6P2/c1-2-4-6-5-3-1;5-11(6)9-3-1-2-4-10-12(7)8/h1-6H2;1-4H2/p+2. The predicted octanol–water partition coefficient (Wildman–Crippen LogP) is 3.44. The maximum absolute atomic E-state index is 9.95. The van der Waals surface area contributed by atoms with Gasteiger partial charge in [0.1, 0.15) is 13.2 Å². The topological polar surface area (TPSA) is 93.1 Å². The SMILES string of the molecule is C1CCCCC1.O=[P+](O)OCCCCO[P+](=O)O. The van der Waals surface area contributed by atoms with Crippen molar-refractivity contribution in [2.45, 2.75) is 51.4 Å². The van der Waals surface area contributed by atoms with E-state index in [1.54, 1.807) is 0 Å². The summed E-state index contributed by atoms with van der Waals surface area (Å²) in [4.78, 5) is 16.3. The van der Waals surface area contributed by atoms with Crippen molar-refractivity contribution < 1.29 is 28.0 Å². The smallest absolute Gasteiger partial charge is 0.133 e. The molecular weight excluding hydrogens is 278 g/mol. The van der Waals surface area contributed by atoms with Crippen molar-refractivity contribution in [3.63, 3.8) is 0 Å². The third kappa shape index (κ3) is 16.0. The van der Waals surface area contributed by atoms with Gasteiger partial charge >= 0.3 is 16.5 Å². The van der Waals surface area contributed by atoms with Gasteiger partial charge in [0.15, 0.2) is 0 Å². The zero-order valence-corrected chi connectivity index (χ0v) is 12.3. The minimum absolute atomic E-state index is 0.150. The van der Waals surface area contributed by atoms with Gasteiger partial charge in [0, 0.05) is 9.13 Å². The molecule has 0 heterocycles. The molecule has 0 bridgehead atoms. The zero-order chi connectivity index (χ0) is 13.6. The molecule has 8 heteroatoms. The minimum atomic E-state index is -2.53. The third-order valence-corrected chi connectivity index (χ3v) is 3.25. The van der Waals surface area contributed by atoms with Crippen molar-refractivity contribution in [2.75, 3.05) is 13.2 Å². The Kier molecular flexibility index (Phi) is 13.5. The van der Waals surface area contributed by atoms with Gasteiger partial charge in [-0.15, -0.1) is 18.8 Å². The summed E-state index contributed by atoms with van der Waals surface area (Å²) in [5, 5.41) is 0. The van der Waals surface area contributed by atoms with Crippen molar-refractivity contribution >= 4 is 16.5 Å². The fourth-order valence-corrected chi connectivity index (χ4v) is 2.12. The molecule has 18 heavy (non-hydrogen) atoms. The number of hydrogen-bond acceptors (Lipinski definition) is 4. The first-order valence-corrected chi connectivity index (χ1v) is 8.47. The molecule has 0 radical (unpaired) electrons. The monoisotopic (exact) mass is 300 g/mol. The lowest BCUT2D eigenvalue weighted by molar-refractivity contribution is 0.243. The summed E-state index contributed by atoms with van der Waals surface area (Å²) in [6.45, 7) is 0.300. The average Bonchev–Trinajstić information content (AvgIpc) is 2.36. The van der Waals surface area contributed by atoms with E-state index in [4.69, 9.17) is 9.79 Å². The Morgan fingerprint density at radius 3 is 1.22 bits per heavy atom. The normalized spacial score (nSPS) is 16.6. The molecule has 0 aromatic heterocycles. The molecule has 0 aromatic rings. The summed E-state index contributed by atoms with van der Waals surface area (Å²) in [6.07, 6.45) is 10.0. The Labute approximate surface area is 110 Å². The lowest BCUT2D eigenvalue weighted by Gasteiger charge is -2.05. The van der Waals surface area contributed by atoms with Crippen molar-refractivity contribution in [3.8, 4) is 0 Å². The Morgan fingerprint density at radius 2 is 1.00 bits per heavy atom. The van der Waals surface area contributed by atoms with E-state index in [1.807, 2.05) is 0 Å². The highest BCUT2D eigenvalue weighted by molar-refractivity contribution is 7.32. The van der Waals surface area contributed by atoms with Crippen molar-refractivity contribution in [3.05, 3.63) is 0 Å². The van der Waals surface area contributed by atoms with Gasteiger partial charge < -0.3 is 0 Å². The summed E-state index contributed by atoms with van der Waals surface area (Å²) >= 11 is 0. The van der Waals surface area contributed by atoms with Crippen LogP contribution in [0.3, 0.4) is 0 Å². The highest BCUT2D eigenvalue weighted by atomic mass is 31.1. The highest BCUT2D eigenvalue weighted by Gasteiger charge is 2.12. The number of rotatable bonds is 7. The van der Waals surface area contributed by atoms with Crippen LogP contribution in [-0.2, 0) is 18.2 Å². The van der Waals surface area contributed by atoms with Crippen molar-refractivity contribution in [1.82, 2.24) is 0 Å². The molecule has 0 aromatic carbocycles. The van der Waals surface area contributed by atoms with E-state index in [9.17, 15) is 9.13 Å². The molecular formula is C10H22O6P2+2. The molecule has 6 nitrogen and oxygen atoms in total. The van der Waals surface area contributed by atoms with Crippen molar-refractivity contribution in [1.29, 1.82) is 0 Å². The molecule has 1 aliphatic carbocycles. The molecule has 1 aliphatic rings. The summed E-state index contributed by atoms with van der Waals surface area (Å²) in [5.41, 5.74) is 0. The third-order valence-electron chi connectivity index (χ3n) is 2.44. The van der Waals surface area contributed by atoms with Crippen LogP contribution in [0.2, 0.25) is 0 Å². The molecule has 1 saturated carbocycles. The Balaban J connectivity index is 0.000000397. The van der Waals surface area contributed by atoms with Gasteiger partial charge in [0.25, 0.3) is 0 Å². The first kappa shape index (κ1) is 18.0. The fourth-order valence-electron chi connectivity index (χ4n) is 1.55. The number of hydrogen-bond donors (Lipinski definition) is 2. The lowest BCUT2D eigenvalue weighted by Crippen LogP contribution is -1.91. The van der Waals surface area contributed by atoms with Crippen LogP contribution in [0.15, 0.2) is 0 Å². The summed E-state index contributed by atoms with van der Waals surface area (Å²) in [7, 11) is -5.06. The van der Waals surface area contributed by atoms with Gasteiger partial charge in [-0.25, -0.2) is 0 Å². The van der Waals surface area contributed by atoms with E-state index in [1.165, 1.54) is 38.5 Å². The van der Waals surface area contributed by atoms with Gasteiger partial charge in [-0.3, -0.25) is 0 Å². The molecule has 2 N–H and O–H groups in total. The molecule has 0 amide bonds. The maximum Gasteiger partial charge on any atom is 0.694 e. The van der Waals surface area contributed by atoms with Crippen molar-refractivity contribution in [2.24, 2.45) is 0 Å². The Bertz CT molecular complexity index is 203. The second kappa shape index (κ2) is 13.5. The second-order valence-corrected chi connectivity index (χ2v) is 5.44. The molecule has 1 fully saturated rings. The maximum atomic E-state index is 9.95. The van der Waals surface area contributed by atoms with E-state index in [0.29, 0.717) is 12.8 Å². The zero-order valence-electron chi connectivity index (χ0n) is 10.5. The van der Waals surface area contributed by atoms with Crippen LogP contribution in [0, 0.1) is 0 Å². The molecule has 1 rings (SSSR count). The summed E-state index contributed by atoms with van der Waals surface area (Å²) in [5.74, 6) is 0. The average molecular weight is 300 g/mol. The summed E-state index contributed by atoms with van der Waals surface area (Å²) in [6, 6.07) is 0. The van der Waals surface area contributed by atoms with Crippen LogP contribution in [0.5, 0.6) is 0 Å². The molecule has 0 aliphatic heterocycles. The van der Waals surface area contributed by atoms with E-state index in [2.05, 4.69) is 9.05 Å². The minimum Gasteiger partial charge on any atom is -0.133 e. The van der Waals surface area contributed by atoms with Crippen LogP contribution < -0.4 is 0 Å². The molecule has 2 unspecified atom stereocenters. The van der Waals surface area contributed by atoms with E-state index in [-0.39, 0.29) is 13.2 Å². The van der Waals surface area contributed by atoms with Crippen LogP contribution in [0.4, 0.5) is 0 Å². The quantitative estimate of drug-likeness (QED) is 0.552. The van der Waals surface area contributed by atoms with Crippen LogP contribution in [0.25, 0.3) is 0 Å². The van der Waals surface area contributed by atoms with Crippen LogP contribution in [-0.4, -0.2) is 23.0 Å². The van der Waals surface area contributed by atoms with E-state index < -0.39 is 16.5 Å². The molecule has 2 atom stereocenters. The summed E-state index contributed by atoms with van der Waals surface area (Å²) < 4.78 is 28.5. The van der Waals surface area contributed by atoms with E-state index in [0.717, 1.165) is 0 Å². The largest absolute Gasteiger partial charge is 0.694 e. The van der Waals surface area contributed by atoms with Crippen LogP contribution >= 0.6 is 16.5 Å². The van der Waals surface area contributed by atoms with Gasteiger partial charge in [-0.2, -0.15) is 0 Å². The van der Waals surface area contributed by atoms with Gasteiger partial charge in [-0.1, -0.05) is 38.5 Å². The fraction of sp³-hybridized carbons (Fsp3) is 1.00. The first-order valence-electron chi connectivity index (χ1n) is 6.21. The lowest BCUT2D eigenvalue weighted by atomic mass is 10.0.